The molecular formula is C32H38N10O2S2. The number of nitrogens with zero attached hydrogens (tertiary/aromatic N) is 10. The maximum atomic E-state index is 5.37. The summed E-state index contributed by atoms with van der Waals surface area (Å²) in [7, 11) is 4.06. The molecule has 6 aromatic rings. The van der Waals surface area contributed by atoms with Gasteiger partial charge in [-0.25, -0.2) is 9.97 Å². The molecule has 0 unspecified atom stereocenters. The number of benzene rings is 2. The van der Waals surface area contributed by atoms with Crippen LogP contribution in [0.4, 0.5) is 0 Å². The molecule has 2 aromatic carbocycles. The molecule has 240 valence electrons. The van der Waals surface area contributed by atoms with Crippen molar-refractivity contribution in [1.82, 2.24) is 49.3 Å². The Hall–Kier alpha value is -3.40. The van der Waals surface area contributed by atoms with Crippen LogP contribution in [0.1, 0.15) is 0 Å². The lowest BCUT2D eigenvalue weighted by Gasteiger charge is -2.26. The Bertz CT molecular complexity index is 1800. The molecule has 46 heavy (non-hydrogen) atoms. The molecule has 0 bridgehead atoms. The number of aromatic nitrogens is 8. The number of thioether (sulfide) groups is 2. The van der Waals surface area contributed by atoms with Crippen LogP contribution in [-0.2, 0) is 23.6 Å². The van der Waals surface area contributed by atoms with E-state index >= 15 is 0 Å². The number of hydrogen-bond donors (Lipinski definition) is 0. The maximum Gasteiger partial charge on any atom is 0.211 e. The van der Waals surface area contributed by atoms with Crippen molar-refractivity contribution in [2.75, 3.05) is 77.2 Å². The summed E-state index contributed by atoms with van der Waals surface area (Å²) in [4.78, 5) is 14.2. The molecule has 2 aliphatic rings. The van der Waals surface area contributed by atoms with Crippen molar-refractivity contribution in [3.05, 3.63) is 48.5 Å². The van der Waals surface area contributed by atoms with Gasteiger partial charge >= 0.3 is 0 Å². The quantitative estimate of drug-likeness (QED) is 0.221. The molecule has 2 aliphatic heterocycles. The standard InChI is InChI=1S/2C16H19N5OS/c2*1-20-13-5-3-2-4-12(13)14-15(20)17-16(19-18-14)23-11-8-21-6-9-22-10-7-21/h2*2-5H,6-11H2,1H3. The van der Waals surface area contributed by atoms with Gasteiger partial charge in [-0.15, -0.1) is 20.4 Å². The largest absolute Gasteiger partial charge is 0.379 e. The summed E-state index contributed by atoms with van der Waals surface area (Å²) >= 11 is 3.33. The second-order valence-corrected chi connectivity index (χ2v) is 13.4. The SMILES string of the molecule is Cn1c2ccccc2c2nnc(SCCN3CCOCC3)nc21.Cn1c2ccccc2c2nnc(SCCN3CCOCC3)nc21. The molecule has 0 aliphatic carbocycles. The third-order valence-electron chi connectivity index (χ3n) is 8.46. The predicted octanol–water partition coefficient (Wildman–Crippen LogP) is 3.88. The molecule has 4 aromatic heterocycles. The number of rotatable bonds is 8. The lowest BCUT2D eigenvalue weighted by Crippen LogP contribution is -2.37. The van der Waals surface area contributed by atoms with Crippen LogP contribution < -0.4 is 0 Å². The highest BCUT2D eigenvalue weighted by Gasteiger charge is 2.15. The van der Waals surface area contributed by atoms with Crippen LogP contribution in [0.3, 0.4) is 0 Å². The van der Waals surface area contributed by atoms with Crippen LogP contribution >= 0.6 is 23.5 Å². The van der Waals surface area contributed by atoms with E-state index in [-0.39, 0.29) is 0 Å². The Morgan fingerprint density at radius 3 is 1.43 bits per heavy atom. The van der Waals surface area contributed by atoms with Crippen molar-refractivity contribution in [1.29, 1.82) is 0 Å². The van der Waals surface area contributed by atoms with Gasteiger partial charge in [-0.1, -0.05) is 59.9 Å². The molecule has 6 heterocycles. The molecule has 12 nitrogen and oxygen atoms in total. The zero-order valence-electron chi connectivity index (χ0n) is 26.2. The van der Waals surface area contributed by atoms with Gasteiger partial charge in [-0.05, 0) is 12.1 Å². The van der Waals surface area contributed by atoms with E-state index < -0.39 is 0 Å². The molecule has 0 atom stereocenters. The Morgan fingerprint density at radius 1 is 0.587 bits per heavy atom. The van der Waals surface area contributed by atoms with Crippen LogP contribution in [0.5, 0.6) is 0 Å². The van der Waals surface area contributed by atoms with Crippen molar-refractivity contribution in [2.45, 2.75) is 10.3 Å². The average Bonchev–Trinajstić information content (AvgIpc) is 3.56. The lowest BCUT2D eigenvalue weighted by molar-refractivity contribution is 0.0409. The number of ether oxygens (including phenoxy) is 2. The smallest absolute Gasteiger partial charge is 0.211 e. The number of morpholine rings is 2. The Morgan fingerprint density at radius 2 is 1.00 bits per heavy atom. The number of fused-ring (bicyclic) bond motifs is 6. The first-order valence-corrected chi connectivity index (χ1v) is 17.6. The van der Waals surface area contributed by atoms with Crippen molar-refractivity contribution in [3.63, 3.8) is 0 Å². The zero-order valence-corrected chi connectivity index (χ0v) is 27.8. The van der Waals surface area contributed by atoms with Crippen LogP contribution in [0.2, 0.25) is 0 Å². The van der Waals surface area contributed by atoms with Gasteiger partial charge in [0.25, 0.3) is 0 Å². The van der Waals surface area contributed by atoms with E-state index in [1.54, 1.807) is 23.5 Å². The third-order valence-corrected chi connectivity index (χ3v) is 10.1. The van der Waals surface area contributed by atoms with Gasteiger partial charge in [-0.2, -0.15) is 0 Å². The topological polar surface area (TPSA) is 112 Å². The average molecular weight is 659 g/mol. The first-order valence-electron chi connectivity index (χ1n) is 15.7. The minimum atomic E-state index is 0.747. The van der Waals surface area contributed by atoms with E-state index in [4.69, 9.17) is 19.4 Å². The van der Waals surface area contributed by atoms with Crippen molar-refractivity contribution >= 4 is 67.7 Å². The summed E-state index contributed by atoms with van der Waals surface area (Å²) in [6, 6.07) is 16.4. The highest BCUT2D eigenvalue weighted by atomic mass is 32.2. The minimum absolute atomic E-state index is 0.747. The molecular weight excluding hydrogens is 621 g/mol. The maximum absolute atomic E-state index is 5.37. The molecule has 0 N–H and O–H groups in total. The van der Waals surface area contributed by atoms with Gasteiger partial charge in [0.05, 0.1) is 37.5 Å². The van der Waals surface area contributed by atoms with E-state index in [1.807, 2.05) is 38.4 Å². The normalized spacial score (nSPS) is 16.4. The summed E-state index contributed by atoms with van der Waals surface area (Å²) in [5.74, 6) is 1.94. The van der Waals surface area contributed by atoms with E-state index in [2.05, 4.69) is 63.6 Å². The summed E-state index contributed by atoms with van der Waals surface area (Å²) in [6.45, 7) is 9.48. The summed E-state index contributed by atoms with van der Waals surface area (Å²) < 4.78 is 14.9. The van der Waals surface area contributed by atoms with Crippen LogP contribution in [0.25, 0.3) is 44.1 Å². The van der Waals surface area contributed by atoms with Gasteiger partial charge in [0, 0.05) is 75.6 Å². The van der Waals surface area contributed by atoms with Gasteiger partial charge in [0.1, 0.15) is 11.0 Å². The number of hydrogen-bond acceptors (Lipinski definition) is 12. The van der Waals surface area contributed by atoms with Gasteiger partial charge in [0.15, 0.2) is 11.3 Å². The first kappa shape index (κ1) is 31.2. The summed E-state index contributed by atoms with van der Waals surface area (Å²) in [6.07, 6.45) is 0. The second-order valence-electron chi connectivity index (χ2n) is 11.3. The fourth-order valence-corrected chi connectivity index (χ4v) is 7.45. The van der Waals surface area contributed by atoms with E-state index in [0.29, 0.717) is 0 Å². The molecule has 0 spiro atoms. The van der Waals surface area contributed by atoms with Crippen molar-refractivity contribution in [3.8, 4) is 0 Å². The minimum Gasteiger partial charge on any atom is -0.379 e. The van der Waals surface area contributed by atoms with Gasteiger partial charge in [0.2, 0.25) is 10.3 Å². The van der Waals surface area contributed by atoms with Crippen molar-refractivity contribution < 1.29 is 9.47 Å². The van der Waals surface area contributed by atoms with E-state index in [1.165, 1.54) is 0 Å². The second kappa shape index (κ2) is 14.6. The summed E-state index contributed by atoms with van der Waals surface area (Å²) in [5, 5.41) is 21.1. The Kier molecular flexibility index (Phi) is 9.89. The monoisotopic (exact) mass is 658 g/mol. The molecule has 0 amide bonds. The lowest BCUT2D eigenvalue weighted by atomic mass is 10.2. The highest BCUT2D eigenvalue weighted by Crippen LogP contribution is 2.27. The Balaban J connectivity index is 0.000000147. The number of para-hydroxylation sites is 2. The molecule has 2 fully saturated rings. The van der Waals surface area contributed by atoms with Crippen LogP contribution in [0, 0.1) is 0 Å². The predicted molar refractivity (Wildman–Crippen MR) is 184 cm³/mol. The molecule has 0 saturated carbocycles. The molecule has 14 heteroatoms. The van der Waals surface area contributed by atoms with Crippen LogP contribution in [-0.4, -0.2) is 126 Å². The van der Waals surface area contributed by atoms with Crippen molar-refractivity contribution in [2.24, 2.45) is 14.1 Å². The zero-order chi connectivity index (χ0) is 31.3. The van der Waals surface area contributed by atoms with E-state index in [0.717, 1.165) is 132 Å². The third kappa shape index (κ3) is 6.82. The first-order chi connectivity index (χ1) is 22.7. The van der Waals surface area contributed by atoms with Crippen LogP contribution in [0.15, 0.2) is 58.8 Å². The fourth-order valence-electron chi connectivity index (χ4n) is 5.89. The summed E-state index contributed by atoms with van der Waals surface area (Å²) in [5.41, 5.74) is 5.82. The highest BCUT2D eigenvalue weighted by molar-refractivity contribution is 7.99. The Labute approximate surface area is 275 Å². The van der Waals surface area contributed by atoms with E-state index in [9.17, 15) is 0 Å². The fraction of sp³-hybridized carbons (Fsp3) is 0.438. The molecule has 8 rings (SSSR count). The molecule has 2 saturated heterocycles. The van der Waals surface area contributed by atoms with Gasteiger partial charge in [-0.3, -0.25) is 9.80 Å². The van der Waals surface area contributed by atoms with Gasteiger partial charge < -0.3 is 18.6 Å². The number of aryl methyl sites for hydroxylation is 2. The molecule has 0 radical (unpaired) electrons.